The SMILES string of the molecule is CC[C@H](C)c1ccc(NC(=O)c2cccc(COc3ccc4c(c3)CCC4)c2)cc1. The van der Waals surface area contributed by atoms with Gasteiger partial charge in [0, 0.05) is 11.3 Å². The number of ether oxygens (including phenoxy) is 1. The molecule has 1 aliphatic rings. The van der Waals surface area contributed by atoms with Crippen LogP contribution in [-0.4, -0.2) is 5.91 Å². The molecule has 30 heavy (non-hydrogen) atoms. The molecular weight excluding hydrogens is 370 g/mol. The lowest BCUT2D eigenvalue weighted by Crippen LogP contribution is -2.12. The maximum absolute atomic E-state index is 12.7. The van der Waals surface area contributed by atoms with Crippen molar-refractivity contribution in [3.05, 3.63) is 94.5 Å². The Balaban J connectivity index is 1.38. The number of hydrogen-bond donors (Lipinski definition) is 1. The molecule has 0 heterocycles. The predicted octanol–water partition coefficient (Wildman–Crippen LogP) is 6.52. The summed E-state index contributed by atoms with van der Waals surface area (Å²) in [5.74, 6) is 1.31. The van der Waals surface area contributed by atoms with Crippen LogP contribution >= 0.6 is 0 Å². The molecule has 3 heteroatoms. The second-order valence-electron chi connectivity index (χ2n) is 8.16. The van der Waals surface area contributed by atoms with Crippen LogP contribution in [0.2, 0.25) is 0 Å². The summed E-state index contributed by atoms with van der Waals surface area (Å²) in [7, 11) is 0. The Morgan fingerprint density at radius 1 is 1.00 bits per heavy atom. The van der Waals surface area contributed by atoms with E-state index in [1.54, 1.807) is 0 Å². The average Bonchev–Trinajstić information content (AvgIpc) is 3.26. The molecule has 4 rings (SSSR count). The minimum Gasteiger partial charge on any atom is -0.489 e. The van der Waals surface area contributed by atoms with Gasteiger partial charge < -0.3 is 10.1 Å². The molecule has 1 N–H and O–H groups in total. The van der Waals surface area contributed by atoms with Crippen LogP contribution < -0.4 is 10.1 Å². The lowest BCUT2D eigenvalue weighted by Gasteiger charge is -2.11. The zero-order chi connectivity index (χ0) is 20.9. The minimum absolute atomic E-state index is 0.106. The normalized spacial score (nSPS) is 13.5. The number of benzene rings is 3. The number of amides is 1. The molecule has 1 aliphatic carbocycles. The Labute approximate surface area is 179 Å². The van der Waals surface area contributed by atoms with Crippen LogP contribution in [0.25, 0.3) is 0 Å². The molecule has 1 amide bonds. The van der Waals surface area contributed by atoms with E-state index < -0.39 is 0 Å². The van der Waals surface area contributed by atoms with E-state index in [1.165, 1.54) is 29.5 Å². The Kier molecular flexibility index (Phi) is 6.18. The molecule has 0 aromatic heterocycles. The monoisotopic (exact) mass is 399 g/mol. The molecule has 1 atom stereocenters. The molecule has 0 spiro atoms. The van der Waals surface area contributed by atoms with Gasteiger partial charge in [-0.2, -0.15) is 0 Å². The van der Waals surface area contributed by atoms with Crippen LogP contribution in [-0.2, 0) is 19.4 Å². The topological polar surface area (TPSA) is 38.3 Å². The molecule has 0 fully saturated rings. The summed E-state index contributed by atoms with van der Waals surface area (Å²) in [6.07, 6.45) is 4.65. The molecular formula is C27H29NO2. The number of nitrogens with one attached hydrogen (secondary N) is 1. The number of aryl methyl sites for hydroxylation is 2. The standard InChI is InChI=1S/C27H29NO2/c1-3-19(2)21-10-13-25(14-11-21)28-27(29)24-9-4-6-20(16-24)18-30-26-15-12-22-7-5-8-23(22)17-26/h4,6,9-17,19H,3,5,7-8,18H2,1-2H3,(H,28,29)/t19-/m0/s1. The predicted molar refractivity (Wildman–Crippen MR) is 122 cm³/mol. The van der Waals surface area contributed by atoms with Gasteiger partial charge in [-0.15, -0.1) is 0 Å². The molecule has 0 saturated carbocycles. The summed E-state index contributed by atoms with van der Waals surface area (Å²) in [4.78, 5) is 12.7. The van der Waals surface area contributed by atoms with Gasteiger partial charge in [0.05, 0.1) is 0 Å². The lowest BCUT2D eigenvalue weighted by atomic mass is 9.98. The quantitative estimate of drug-likeness (QED) is 0.491. The van der Waals surface area contributed by atoms with Crippen molar-refractivity contribution in [2.24, 2.45) is 0 Å². The van der Waals surface area contributed by atoms with E-state index in [0.717, 1.165) is 29.8 Å². The Bertz CT molecular complexity index is 1020. The zero-order valence-corrected chi connectivity index (χ0v) is 17.8. The van der Waals surface area contributed by atoms with E-state index in [4.69, 9.17) is 4.74 Å². The van der Waals surface area contributed by atoms with Gasteiger partial charge in [-0.25, -0.2) is 0 Å². The van der Waals surface area contributed by atoms with Gasteiger partial charge in [0.15, 0.2) is 0 Å². The largest absolute Gasteiger partial charge is 0.489 e. The Morgan fingerprint density at radius 2 is 1.80 bits per heavy atom. The second kappa shape index (κ2) is 9.17. The number of anilines is 1. The van der Waals surface area contributed by atoms with E-state index in [-0.39, 0.29) is 5.91 Å². The number of carbonyl (C=O) groups is 1. The number of carbonyl (C=O) groups excluding carboxylic acids is 1. The molecule has 0 unspecified atom stereocenters. The van der Waals surface area contributed by atoms with Gasteiger partial charge in [0.25, 0.3) is 5.91 Å². The molecule has 0 bridgehead atoms. The van der Waals surface area contributed by atoms with Crippen LogP contribution in [0.5, 0.6) is 5.75 Å². The first kappa shape index (κ1) is 20.2. The second-order valence-corrected chi connectivity index (χ2v) is 8.16. The van der Waals surface area contributed by atoms with Crippen molar-refractivity contribution in [1.29, 1.82) is 0 Å². The summed E-state index contributed by atoms with van der Waals surface area (Å²) in [6, 6.07) is 22.1. The highest BCUT2D eigenvalue weighted by atomic mass is 16.5. The van der Waals surface area contributed by atoms with Crippen LogP contribution in [0.15, 0.2) is 66.7 Å². The molecule has 0 saturated heterocycles. The van der Waals surface area contributed by atoms with E-state index in [1.807, 2.05) is 42.5 Å². The Hall–Kier alpha value is -3.07. The summed E-state index contributed by atoms with van der Waals surface area (Å²) < 4.78 is 5.98. The third-order valence-corrected chi connectivity index (χ3v) is 6.01. The van der Waals surface area contributed by atoms with Crippen molar-refractivity contribution in [2.45, 2.75) is 52.1 Å². The van der Waals surface area contributed by atoms with Gasteiger partial charge in [-0.3, -0.25) is 4.79 Å². The van der Waals surface area contributed by atoms with Crippen molar-refractivity contribution in [2.75, 3.05) is 5.32 Å². The number of hydrogen-bond acceptors (Lipinski definition) is 2. The highest BCUT2D eigenvalue weighted by Gasteiger charge is 2.12. The van der Waals surface area contributed by atoms with E-state index in [9.17, 15) is 4.79 Å². The van der Waals surface area contributed by atoms with E-state index in [2.05, 4.69) is 43.4 Å². The van der Waals surface area contributed by atoms with Gasteiger partial charge in [-0.1, -0.05) is 44.2 Å². The van der Waals surface area contributed by atoms with Crippen molar-refractivity contribution < 1.29 is 9.53 Å². The highest BCUT2D eigenvalue weighted by Crippen LogP contribution is 2.26. The fraction of sp³-hybridized carbons (Fsp3) is 0.296. The van der Waals surface area contributed by atoms with Crippen LogP contribution in [0.3, 0.4) is 0 Å². The average molecular weight is 400 g/mol. The summed E-state index contributed by atoms with van der Waals surface area (Å²) in [5, 5.41) is 2.99. The smallest absolute Gasteiger partial charge is 0.255 e. The number of rotatable bonds is 7. The van der Waals surface area contributed by atoms with E-state index in [0.29, 0.717) is 18.1 Å². The molecule has 0 radical (unpaired) electrons. The van der Waals surface area contributed by atoms with Crippen LogP contribution in [0, 0.1) is 0 Å². The first-order chi connectivity index (χ1) is 14.6. The van der Waals surface area contributed by atoms with Crippen LogP contribution in [0.4, 0.5) is 5.69 Å². The fourth-order valence-electron chi connectivity index (χ4n) is 3.94. The summed E-state index contributed by atoms with van der Waals surface area (Å²) >= 11 is 0. The molecule has 0 aliphatic heterocycles. The molecule has 3 nitrogen and oxygen atoms in total. The zero-order valence-electron chi connectivity index (χ0n) is 17.8. The fourth-order valence-corrected chi connectivity index (χ4v) is 3.94. The maximum Gasteiger partial charge on any atom is 0.255 e. The first-order valence-corrected chi connectivity index (χ1v) is 10.9. The van der Waals surface area contributed by atoms with Gasteiger partial charge in [0.2, 0.25) is 0 Å². The van der Waals surface area contributed by atoms with Gasteiger partial charge in [-0.05, 0) is 90.3 Å². The van der Waals surface area contributed by atoms with Crippen molar-refractivity contribution in [3.8, 4) is 5.75 Å². The third kappa shape index (κ3) is 4.73. The molecule has 3 aromatic rings. The molecule has 3 aromatic carbocycles. The van der Waals surface area contributed by atoms with Crippen molar-refractivity contribution in [1.82, 2.24) is 0 Å². The summed E-state index contributed by atoms with van der Waals surface area (Å²) in [5.41, 5.74) is 6.57. The molecule has 154 valence electrons. The van der Waals surface area contributed by atoms with E-state index >= 15 is 0 Å². The van der Waals surface area contributed by atoms with Gasteiger partial charge in [0.1, 0.15) is 12.4 Å². The highest BCUT2D eigenvalue weighted by molar-refractivity contribution is 6.04. The minimum atomic E-state index is -0.106. The maximum atomic E-state index is 12.7. The van der Waals surface area contributed by atoms with Crippen molar-refractivity contribution in [3.63, 3.8) is 0 Å². The third-order valence-electron chi connectivity index (χ3n) is 6.01. The van der Waals surface area contributed by atoms with Gasteiger partial charge >= 0.3 is 0 Å². The first-order valence-electron chi connectivity index (χ1n) is 10.9. The van der Waals surface area contributed by atoms with Crippen LogP contribution in [0.1, 0.15) is 65.2 Å². The van der Waals surface area contributed by atoms with Crippen molar-refractivity contribution >= 4 is 11.6 Å². The summed E-state index contributed by atoms with van der Waals surface area (Å²) in [6.45, 7) is 4.84. The lowest BCUT2D eigenvalue weighted by molar-refractivity contribution is 0.102. The Morgan fingerprint density at radius 3 is 2.60 bits per heavy atom. The number of fused-ring (bicyclic) bond motifs is 1.